The summed E-state index contributed by atoms with van der Waals surface area (Å²) in [5.74, 6) is -0.318. The number of carboxylic acids is 1. The highest BCUT2D eigenvalue weighted by molar-refractivity contribution is 5.87. The van der Waals surface area contributed by atoms with Crippen LogP contribution in [-0.4, -0.2) is 16.2 Å². The van der Waals surface area contributed by atoms with E-state index < -0.39 is 12.1 Å². The van der Waals surface area contributed by atoms with Gasteiger partial charge in [-0.3, -0.25) is 0 Å². The number of hydrogen-bond donors (Lipinski definition) is 2. The normalized spacial score (nSPS) is 11.9. The Kier molecular flexibility index (Phi) is 4.38. The molecule has 4 heteroatoms. The van der Waals surface area contributed by atoms with Crippen molar-refractivity contribution in [2.45, 2.75) is 19.6 Å². The maximum absolute atomic E-state index is 10.8. The number of para-hydroxylation sites is 1. The summed E-state index contributed by atoms with van der Waals surface area (Å²) in [6.07, 6.45) is -0.597. The molecule has 2 aromatic carbocycles. The summed E-state index contributed by atoms with van der Waals surface area (Å²) in [6.45, 7) is 2.01. The lowest BCUT2D eigenvalue weighted by Gasteiger charge is -2.13. The Bertz CT molecular complexity index is 588. The Morgan fingerprint density at radius 3 is 2.40 bits per heavy atom. The van der Waals surface area contributed by atoms with E-state index in [1.165, 1.54) is 0 Å². The quantitative estimate of drug-likeness (QED) is 0.878. The van der Waals surface area contributed by atoms with Gasteiger partial charge in [-0.05, 0) is 30.7 Å². The average molecular weight is 272 g/mol. The van der Waals surface area contributed by atoms with Gasteiger partial charge in [0, 0.05) is 5.56 Å². The summed E-state index contributed by atoms with van der Waals surface area (Å²) in [5, 5.41) is 18.5. The van der Waals surface area contributed by atoms with Crippen LogP contribution in [0.25, 0.3) is 0 Å². The molecule has 0 saturated heterocycles. The minimum atomic E-state index is -0.947. The molecule has 0 bridgehead atoms. The highest BCUT2D eigenvalue weighted by Gasteiger charge is 2.08. The lowest BCUT2D eigenvalue weighted by atomic mass is 10.1. The van der Waals surface area contributed by atoms with Crippen LogP contribution >= 0.6 is 0 Å². The van der Waals surface area contributed by atoms with E-state index in [4.69, 9.17) is 9.84 Å². The molecule has 0 heterocycles. The zero-order chi connectivity index (χ0) is 14.5. The van der Waals surface area contributed by atoms with Gasteiger partial charge in [0.15, 0.2) is 0 Å². The first-order chi connectivity index (χ1) is 9.58. The monoisotopic (exact) mass is 272 g/mol. The van der Waals surface area contributed by atoms with Crippen molar-refractivity contribution < 1.29 is 19.7 Å². The Morgan fingerprint density at radius 2 is 1.80 bits per heavy atom. The van der Waals surface area contributed by atoms with E-state index in [2.05, 4.69) is 0 Å². The van der Waals surface area contributed by atoms with Crippen molar-refractivity contribution in [2.75, 3.05) is 0 Å². The molecule has 0 aromatic heterocycles. The van der Waals surface area contributed by atoms with Gasteiger partial charge < -0.3 is 14.9 Å². The molecule has 2 aromatic rings. The van der Waals surface area contributed by atoms with E-state index in [9.17, 15) is 9.90 Å². The highest BCUT2D eigenvalue weighted by Crippen LogP contribution is 2.25. The molecule has 0 spiro atoms. The summed E-state index contributed by atoms with van der Waals surface area (Å²) in [5.41, 5.74) is 1.85. The van der Waals surface area contributed by atoms with Gasteiger partial charge in [-0.15, -0.1) is 0 Å². The first kappa shape index (κ1) is 14.1. The van der Waals surface area contributed by atoms with Gasteiger partial charge in [0.25, 0.3) is 0 Å². The Hall–Kier alpha value is -2.33. The molecule has 0 radical (unpaired) electrons. The van der Waals surface area contributed by atoms with Crippen molar-refractivity contribution in [3.8, 4) is 5.75 Å². The molecular weight excluding hydrogens is 256 g/mol. The molecule has 0 fully saturated rings. The van der Waals surface area contributed by atoms with Crippen molar-refractivity contribution in [1.29, 1.82) is 0 Å². The largest absolute Gasteiger partial charge is 0.489 e. The molecule has 2 N–H and O–H groups in total. The number of aliphatic hydroxyl groups is 1. The third kappa shape index (κ3) is 3.36. The Morgan fingerprint density at radius 1 is 1.15 bits per heavy atom. The van der Waals surface area contributed by atoms with Crippen LogP contribution in [-0.2, 0) is 6.61 Å². The molecule has 104 valence electrons. The predicted molar refractivity (Wildman–Crippen MR) is 74.8 cm³/mol. The molecule has 0 aliphatic rings. The lowest BCUT2D eigenvalue weighted by Crippen LogP contribution is -2.01. The van der Waals surface area contributed by atoms with E-state index in [-0.39, 0.29) is 5.56 Å². The molecule has 0 unspecified atom stereocenters. The summed E-state index contributed by atoms with van der Waals surface area (Å²) in [6, 6.07) is 13.8. The Labute approximate surface area is 117 Å². The van der Waals surface area contributed by atoms with Gasteiger partial charge in [0.05, 0.1) is 11.7 Å². The first-order valence-corrected chi connectivity index (χ1v) is 6.30. The van der Waals surface area contributed by atoms with Crippen LogP contribution in [0.2, 0.25) is 0 Å². The van der Waals surface area contributed by atoms with Crippen molar-refractivity contribution in [1.82, 2.24) is 0 Å². The highest BCUT2D eigenvalue weighted by atomic mass is 16.5. The van der Waals surface area contributed by atoms with E-state index in [1.807, 2.05) is 18.2 Å². The fourth-order valence-electron chi connectivity index (χ4n) is 1.86. The van der Waals surface area contributed by atoms with Gasteiger partial charge in [0.2, 0.25) is 0 Å². The number of carbonyl (C=O) groups is 1. The van der Waals surface area contributed by atoms with Crippen LogP contribution < -0.4 is 4.74 Å². The Balaban J connectivity index is 2.07. The number of aromatic carboxylic acids is 1. The fraction of sp³-hybridized carbons (Fsp3) is 0.188. The number of ether oxygens (including phenoxy) is 1. The van der Waals surface area contributed by atoms with Gasteiger partial charge in [0.1, 0.15) is 12.4 Å². The second-order valence-corrected chi connectivity index (χ2v) is 4.50. The van der Waals surface area contributed by atoms with Crippen LogP contribution in [0.5, 0.6) is 5.75 Å². The number of aliphatic hydroxyl groups excluding tert-OH is 1. The summed E-state index contributed by atoms with van der Waals surface area (Å²) in [4.78, 5) is 10.8. The molecule has 2 rings (SSSR count). The first-order valence-electron chi connectivity index (χ1n) is 6.30. The maximum atomic E-state index is 10.8. The number of carboxylic acid groups (broad SMARTS) is 1. The van der Waals surface area contributed by atoms with Gasteiger partial charge in [-0.1, -0.05) is 30.3 Å². The van der Waals surface area contributed by atoms with Crippen molar-refractivity contribution in [3.05, 3.63) is 65.2 Å². The average Bonchev–Trinajstić information content (AvgIpc) is 2.45. The fourth-order valence-corrected chi connectivity index (χ4v) is 1.86. The van der Waals surface area contributed by atoms with Crippen molar-refractivity contribution in [3.63, 3.8) is 0 Å². The molecule has 0 saturated carbocycles. The van der Waals surface area contributed by atoms with Gasteiger partial charge >= 0.3 is 5.97 Å². The van der Waals surface area contributed by atoms with E-state index in [0.29, 0.717) is 12.4 Å². The van der Waals surface area contributed by atoms with Crippen molar-refractivity contribution in [2.24, 2.45) is 0 Å². The van der Waals surface area contributed by atoms with Crippen LogP contribution in [0.15, 0.2) is 48.5 Å². The van der Waals surface area contributed by atoms with Crippen LogP contribution in [0, 0.1) is 0 Å². The van der Waals surface area contributed by atoms with E-state index in [1.54, 1.807) is 37.3 Å². The topological polar surface area (TPSA) is 66.8 Å². The summed E-state index contributed by atoms with van der Waals surface area (Å²) >= 11 is 0. The van der Waals surface area contributed by atoms with Gasteiger partial charge in [-0.2, -0.15) is 0 Å². The number of benzene rings is 2. The molecule has 0 aliphatic heterocycles. The summed E-state index contributed by atoms with van der Waals surface area (Å²) < 4.78 is 5.68. The molecular formula is C16H16O4. The molecule has 0 amide bonds. The minimum absolute atomic E-state index is 0.248. The summed E-state index contributed by atoms with van der Waals surface area (Å²) in [7, 11) is 0. The SMILES string of the molecule is C[C@@H](O)c1ccccc1OCc1ccc(C(=O)O)cc1. The van der Waals surface area contributed by atoms with E-state index >= 15 is 0 Å². The van der Waals surface area contributed by atoms with Crippen LogP contribution in [0.1, 0.15) is 34.5 Å². The van der Waals surface area contributed by atoms with E-state index in [0.717, 1.165) is 11.1 Å². The molecule has 4 nitrogen and oxygen atoms in total. The third-order valence-corrected chi connectivity index (χ3v) is 2.96. The van der Waals surface area contributed by atoms with Crippen LogP contribution in [0.3, 0.4) is 0 Å². The minimum Gasteiger partial charge on any atom is -0.489 e. The number of rotatable bonds is 5. The standard InChI is InChI=1S/C16H16O4/c1-11(17)14-4-2-3-5-15(14)20-10-12-6-8-13(9-7-12)16(18)19/h2-9,11,17H,10H2,1H3,(H,18,19)/t11-/m1/s1. The maximum Gasteiger partial charge on any atom is 0.335 e. The smallest absolute Gasteiger partial charge is 0.335 e. The van der Waals surface area contributed by atoms with Gasteiger partial charge in [-0.25, -0.2) is 4.79 Å². The zero-order valence-electron chi connectivity index (χ0n) is 11.1. The zero-order valence-corrected chi connectivity index (χ0v) is 11.1. The second-order valence-electron chi connectivity index (χ2n) is 4.50. The molecule has 20 heavy (non-hydrogen) atoms. The number of hydrogen-bond acceptors (Lipinski definition) is 3. The predicted octanol–water partition coefficient (Wildman–Crippen LogP) is 3.02. The second kappa shape index (κ2) is 6.21. The van der Waals surface area contributed by atoms with Crippen LogP contribution in [0.4, 0.5) is 0 Å². The van der Waals surface area contributed by atoms with Crippen molar-refractivity contribution >= 4 is 5.97 Å². The molecule has 1 atom stereocenters. The molecule has 0 aliphatic carbocycles. The lowest BCUT2D eigenvalue weighted by molar-refractivity contribution is 0.0697. The third-order valence-electron chi connectivity index (χ3n) is 2.96.